The summed E-state index contributed by atoms with van der Waals surface area (Å²) < 4.78 is 6.08. The van der Waals surface area contributed by atoms with Gasteiger partial charge in [0.2, 0.25) is 0 Å². The van der Waals surface area contributed by atoms with Gasteiger partial charge in [-0.3, -0.25) is 4.79 Å². The molecule has 2 heterocycles. The average molecular weight is 329 g/mol. The summed E-state index contributed by atoms with van der Waals surface area (Å²) in [5, 5.41) is 11.5. The predicted octanol–water partition coefficient (Wildman–Crippen LogP) is 1.21. The van der Waals surface area contributed by atoms with Crippen molar-refractivity contribution in [3.05, 3.63) is 28.5 Å². The van der Waals surface area contributed by atoms with E-state index in [1.807, 2.05) is 0 Å². The van der Waals surface area contributed by atoms with Crippen molar-refractivity contribution in [2.45, 2.75) is 25.0 Å². The zero-order chi connectivity index (χ0) is 13.8. The number of ether oxygens (including phenoxy) is 1. The van der Waals surface area contributed by atoms with Crippen molar-refractivity contribution in [3.63, 3.8) is 0 Å². The molecular formula is C12H13BrN2O4. The quantitative estimate of drug-likeness (QED) is 0.867. The normalized spacial score (nSPS) is 22.2. The van der Waals surface area contributed by atoms with E-state index in [0.717, 1.165) is 4.47 Å². The van der Waals surface area contributed by atoms with Crippen molar-refractivity contribution >= 4 is 27.8 Å². The summed E-state index contributed by atoms with van der Waals surface area (Å²) in [5.41, 5.74) is 0.316. The molecule has 7 heteroatoms. The average Bonchev–Trinajstić information content (AvgIpc) is 2.86. The monoisotopic (exact) mass is 328 g/mol. The number of carboxylic acid groups (broad SMARTS) is 1. The van der Waals surface area contributed by atoms with Gasteiger partial charge in [-0.15, -0.1) is 0 Å². The molecule has 2 unspecified atom stereocenters. The molecule has 0 bridgehead atoms. The largest absolute Gasteiger partial charge is 0.479 e. The Labute approximate surface area is 118 Å². The molecule has 102 valence electrons. The molecule has 1 aliphatic heterocycles. The number of aliphatic carboxylic acids is 1. The number of hydrogen-bond acceptors (Lipinski definition) is 4. The van der Waals surface area contributed by atoms with Crippen molar-refractivity contribution < 1.29 is 19.4 Å². The summed E-state index contributed by atoms with van der Waals surface area (Å²) in [6.07, 6.45) is 1.65. The van der Waals surface area contributed by atoms with Gasteiger partial charge in [0.05, 0.1) is 6.10 Å². The maximum Gasteiger partial charge on any atom is 0.332 e. The Balaban J connectivity index is 1.81. The molecule has 0 saturated carbocycles. The summed E-state index contributed by atoms with van der Waals surface area (Å²) in [6, 6.07) is 3.34. The Hall–Kier alpha value is -1.47. The van der Waals surface area contributed by atoms with Gasteiger partial charge in [-0.2, -0.15) is 0 Å². The maximum atomic E-state index is 11.8. The zero-order valence-corrected chi connectivity index (χ0v) is 11.6. The predicted molar refractivity (Wildman–Crippen MR) is 69.8 cm³/mol. The molecule has 2 rings (SSSR count). The van der Waals surface area contributed by atoms with Crippen molar-refractivity contribution in [3.8, 4) is 0 Å². The van der Waals surface area contributed by atoms with Crippen molar-refractivity contribution in [1.29, 1.82) is 0 Å². The lowest BCUT2D eigenvalue weighted by atomic mass is 10.2. The highest BCUT2D eigenvalue weighted by Crippen LogP contribution is 2.19. The second-order valence-corrected chi connectivity index (χ2v) is 5.15. The summed E-state index contributed by atoms with van der Waals surface area (Å²) in [5.74, 6) is -1.25. The van der Waals surface area contributed by atoms with E-state index in [9.17, 15) is 9.59 Å². The van der Waals surface area contributed by atoms with E-state index in [2.05, 4.69) is 26.2 Å². The first-order valence-electron chi connectivity index (χ1n) is 5.84. The standard InChI is InChI=1S/C12H13BrN2O4/c13-7-1-3-9(14-5-7)11(16)15-6-8-2-4-10(19-8)12(17)18/h1,3,5,8,10H,2,4,6H2,(H,15,16)(H,17,18). The number of carboxylic acids is 1. The molecule has 1 aromatic heterocycles. The SMILES string of the molecule is O=C(NCC1CCC(C(=O)O)O1)c1ccc(Br)cn1. The molecular weight excluding hydrogens is 316 g/mol. The van der Waals surface area contributed by atoms with Gasteiger partial charge in [-0.25, -0.2) is 9.78 Å². The summed E-state index contributed by atoms with van der Waals surface area (Å²) in [7, 11) is 0. The van der Waals surface area contributed by atoms with Gasteiger partial charge in [0.15, 0.2) is 6.10 Å². The van der Waals surface area contributed by atoms with Crippen LogP contribution in [-0.2, 0) is 9.53 Å². The fourth-order valence-corrected chi connectivity index (χ4v) is 2.08. The van der Waals surface area contributed by atoms with Crippen LogP contribution in [0.25, 0.3) is 0 Å². The Kier molecular flexibility index (Phi) is 4.49. The summed E-state index contributed by atoms with van der Waals surface area (Å²) >= 11 is 3.24. The second-order valence-electron chi connectivity index (χ2n) is 4.23. The maximum absolute atomic E-state index is 11.8. The minimum atomic E-state index is -0.955. The minimum absolute atomic E-state index is 0.250. The van der Waals surface area contributed by atoms with Gasteiger partial charge in [0, 0.05) is 17.2 Å². The number of hydrogen-bond donors (Lipinski definition) is 2. The van der Waals surface area contributed by atoms with E-state index >= 15 is 0 Å². The highest BCUT2D eigenvalue weighted by Gasteiger charge is 2.30. The van der Waals surface area contributed by atoms with Crippen LogP contribution < -0.4 is 5.32 Å². The van der Waals surface area contributed by atoms with Crippen LogP contribution in [0, 0.1) is 0 Å². The van der Waals surface area contributed by atoms with E-state index in [1.165, 1.54) is 0 Å². The first kappa shape index (κ1) is 14.0. The molecule has 1 aliphatic rings. The third-order valence-corrected chi connectivity index (χ3v) is 3.30. The number of amides is 1. The number of aromatic nitrogens is 1. The Bertz CT molecular complexity index is 477. The van der Waals surface area contributed by atoms with Crippen LogP contribution in [0.4, 0.5) is 0 Å². The highest BCUT2D eigenvalue weighted by molar-refractivity contribution is 9.10. The van der Waals surface area contributed by atoms with Crippen molar-refractivity contribution in [1.82, 2.24) is 10.3 Å². The minimum Gasteiger partial charge on any atom is -0.479 e. The van der Waals surface area contributed by atoms with Gasteiger partial charge in [-0.05, 0) is 40.9 Å². The fraction of sp³-hybridized carbons (Fsp3) is 0.417. The third kappa shape index (κ3) is 3.74. The van der Waals surface area contributed by atoms with Crippen LogP contribution in [0.1, 0.15) is 23.3 Å². The van der Waals surface area contributed by atoms with Crippen LogP contribution >= 0.6 is 15.9 Å². The number of pyridine rings is 1. The Morgan fingerprint density at radius 1 is 1.47 bits per heavy atom. The molecule has 0 aromatic carbocycles. The number of carbonyl (C=O) groups is 2. The van der Waals surface area contributed by atoms with Crippen molar-refractivity contribution in [2.75, 3.05) is 6.54 Å². The smallest absolute Gasteiger partial charge is 0.332 e. The molecule has 1 saturated heterocycles. The number of nitrogens with one attached hydrogen (secondary N) is 1. The first-order chi connectivity index (χ1) is 9.06. The zero-order valence-electron chi connectivity index (χ0n) is 10.0. The highest BCUT2D eigenvalue weighted by atomic mass is 79.9. The lowest BCUT2D eigenvalue weighted by molar-refractivity contribution is -0.149. The topological polar surface area (TPSA) is 88.5 Å². The van der Waals surface area contributed by atoms with E-state index in [4.69, 9.17) is 9.84 Å². The lowest BCUT2D eigenvalue weighted by Crippen LogP contribution is -2.33. The van der Waals surface area contributed by atoms with Crippen LogP contribution in [-0.4, -0.2) is 40.7 Å². The Morgan fingerprint density at radius 2 is 2.26 bits per heavy atom. The number of halogens is 1. The molecule has 19 heavy (non-hydrogen) atoms. The van der Waals surface area contributed by atoms with Crippen molar-refractivity contribution in [2.24, 2.45) is 0 Å². The molecule has 2 N–H and O–H groups in total. The van der Waals surface area contributed by atoms with Gasteiger partial charge < -0.3 is 15.2 Å². The number of rotatable bonds is 4. The molecule has 2 atom stereocenters. The third-order valence-electron chi connectivity index (χ3n) is 2.83. The Morgan fingerprint density at radius 3 is 2.84 bits per heavy atom. The molecule has 0 aliphatic carbocycles. The molecule has 0 radical (unpaired) electrons. The molecule has 1 amide bonds. The number of carbonyl (C=O) groups excluding carboxylic acids is 1. The summed E-state index contributed by atoms with van der Waals surface area (Å²) in [6.45, 7) is 0.292. The molecule has 0 spiro atoms. The van der Waals surface area contributed by atoms with Gasteiger partial charge in [0.1, 0.15) is 5.69 Å². The van der Waals surface area contributed by atoms with E-state index in [1.54, 1.807) is 18.3 Å². The van der Waals surface area contributed by atoms with E-state index in [-0.39, 0.29) is 12.0 Å². The van der Waals surface area contributed by atoms with Crippen LogP contribution in [0.15, 0.2) is 22.8 Å². The van der Waals surface area contributed by atoms with Gasteiger partial charge >= 0.3 is 5.97 Å². The van der Waals surface area contributed by atoms with E-state index in [0.29, 0.717) is 25.1 Å². The van der Waals surface area contributed by atoms with Gasteiger partial charge in [0.25, 0.3) is 5.91 Å². The lowest BCUT2D eigenvalue weighted by Gasteiger charge is -2.12. The van der Waals surface area contributed by atoms with E-state index < -0.39 is 12.1 Å². The van der Waals surface area contributed by atoms with Crippen LogP contribution in [0.3, 0.4) is 0 Å². The van der Waals surface area contributed by atoms with Crippen LogP contribution in [0.2, 0.25) is 0 Å². The molecule has 1 fully saturated rings. The van der Waals surface area contributed by atoms with Crippen LogP contribution in [0.5, 0.6) is 0 Å². The molecule has 1 aromatic rings. The second kappa shape index (κ2) is 6.12. The molecule has 6 nitrogen and oxygen atoms in total. The first-order valence-corrected chi connectivity index (χ1v) is 6.63. The van der Waals surface area contributed by atoms with Gasteiger partial charge in [-0.1, -0.05) is 0 Å². The summed E-state index contributed by atoms with van der Waals surface area (Å²) in [4.78, 5) is 26.5. The fourth-order valence-electron chi connectivity index (χ4n) is 1.84. The number of nitrogens with zero attached hydrogens (tertiary/aromatic N) is 1.